The van der Waals surface area contributed by atoms with Crippen LogP contribution in [0, 0.1) is 0 Å². The molecule has 0 radical (unpaired) electrons. The molecule has 2 heterocycles. The number of aromatic nitrogens is 2. The summed E-state index contributed by atoms with van der Waals surface area (Å²) in [5, 5.41) is 6.44. The molecule has 1 saturated heterocycles. The van der Waals surface area contributed by atoms with Gasteiger partial charge in [0.15, 0.2) is 0 Å². The number of carbonyl (C=O) groups is 1. The number of rotatable bonds is 5. The minimum atomic E-state index is 0.156. The minimum absolute atomic E-state index is 0.156. The molecule has 104 valence electrons. The Bertz CT molecular complexity index is 458. The Labute approximate surface area is 113 Å². The summed E-state index contributed by atoms with van der Waals surface area (Å²) in [6.45, 7) is 5.05. The fourth-order valence-corrected chi connectivity index (χ4v) is 2.79. The summed E-state index contributed by atoms with van der Waals surface area (Å²) in [4.78, 5) is 16.0. The van der Waals surface area contributed by atoms with Crippen molar-refractivity contribution in [3.05, 3.63) is 18.2 Å². The number of amides is 1. The second kappa shape index (κ2) is 4.96. The van der Waals surface area contributed by atoms with Gasteiger partial charge in [-0.1, -0.05) is 6.92 Å². The molecular weight excluding hydrogens is 240 g/mol. The maximum absolute atomic E-state index is 11.7. The van der Waals surface area contributed by atoms with Gasteiger partial charge >= 0.3 is 0 Å². The molecular formula is C14H22N4O. The average molecular weight is 262 g/mol. The summed E-state index contributed by atoms with van der Waals surface area (Å²) in [6.07, 6.45) is 7.77. The number of nitrogens with one attached hydrogen (secondary N) is 2. The molecule has 2 fully saturated rings. The van der Waals surface area contributed by atoms with Gasteiger partial charge in [-0.25, -0.2) is 4.98 Å². The lowest BCUT2D eigenvalue weighted by Crippen LogP contribution is -2.30. The van der Waals surface area contributed by atoms with Gasteiger partial charge in [-0.3, -0.25) is 4.79 Å². The van der Waals surface area contributed by atoms with E-state index in [1.54, 1.807) is 0 Å². The molecule has 2 N–H and O–H groups in total. The zero-order valence-corrected chi connectivity index (χ0v) is 11.5. The van der Waals surface area contributed by atoms with E-state index in [0.29, 0.717) is 12.5 Å². The Hall–Kier alpha value is -1.36. The number of nitrogens with zero attached hydrogens (tertiary/aromatic N) is 2. The van der Waals surface area contributed by atoms with Crippen molar-refractivity contribution in [2.24, 2.45) is 0 Å². The Morgan fingerprint density at radius 1 is 1.63 bits per heavy atom. The predicted octanol–water partition coefficient (Wildman–Crippen LogP) is 0.803. The molecule has 1 atom stereocenters. The third kappa shape index (κ3) is 2.81. The van der Waals surface area contributed by atoms with Gasteiger partial charge in [0.25, 0.3) is 0 Å². The van der Waals surface area contributed by atoms with Crippen molar-refractivity contribution >= 4 is 5.91 Å². The Kier molecular flexibility index (Phi) is 3.31. The van der Waals surface area contributed by atoms with E-state index < -0.39 is 0 Å². The third-order valence-electron chi connectivity index (χ3n) is 4.22. The standard InChI is InChI=1S/C14H22N4O/c1-14(5-6-15-9-14)12-8-16-10-18(12)7-4-13(19)17-11-2-3-11/h8,10-11,15H,2-7,9H2,1H3,(H,17,19). The maximum Gasteiger partial charge on any atom is 0.222 e. The summed E-state index contributed by atoms with van der Waals surface area (Å²) >= 11 is 0. The van der Waals surface area contributed by atoms with Crippen LogP contribution in [0.3, 0.4) is 0 Å². The van der Waals surface area contributed by atoms with Crippen LogP contribution in [0.25, 0.3) is 0 Å². The molecule has 19 heavy (non-hydrogen) atoms. The van der Waals surface area contributed by atoms with Gasteiger partial charge in [-0.05, 0) is 25.8 Å². The van der Waals surface area contributed by atoms with Crippen LogP contribution in [0.1, 0.15) is 38.3 Å². The van der Waals surface area contributed by atoms with E-state index in [-0.39, 0.29) is 11.3 Å². The predicted molar refractivity (Wildman–Crippen MR) is 72.8 cm³/mol. The zero-order valence-electron chi connectivity index (χ0n) is 11.5. The fourth-order valence-electron chi connectivity index (χ4n) is 2.79. The van der Waals surface area contributed by atoms with Crippen LogP contribution in [0.4, 0.5) is 0 Å². The first kappa shape index (κ1) is 12.7. The van der Waals surface area contributed by atoms with E-state index in [0.717, 1.165) is 38.9 Å². The van der Waals surface area contributed by atoms with Crippen molar-refractivity contribution in [2.45, 2.75) is 50.6 Å². The zero-order chi connectivity index (χ0) is 13.3. The lowest BCUT2D eigenvalue weighted by Gasteiger charge is -2.24. The lowest BCUT2D eigenvalue weighted by atomic mass is 9.86. The van der Waals surface area contributed by atoms with Gasteiger partial charge in [-0.2, -0.15) is 0 Å². The second-order valence-electron chi connectivity index (χ2n) is 6.05. The SMILES string of the molecule is CC1(c2cncn2CCC(=O)NC2CC2)CCNC1. The maximum atomic E-state index is 11.7. The molecule has 1 aliphatic carbocycles. The summed E-state index contributed by atoms with van der Waals surface area (Å²) in [6, 6.07) is 0.450. The number of hydrogen-bond acceptors (Lipinski definition) is 3. The summed E-state index contributed by atoms with van der Waals surface area (Å²) in [7, 11) is 0. The van der Waals surface area contributed by atoms with E-state index in [1.165, 1.54) is 5.69 Å². The molecule has 5 nitrogen and oxygen atoms in total. The molecule has 0 aromatic carbocycles. The van der Waals surface area contributed by atoms with Crippen molar-refractivity contribution < 1.29 is 4.79 Å². The first-order valence-electron chi connectivity index (χ1n) is 7.18. The van der Waals surface area contributed by atoms with E-state index in [2.05, 4.69) is 27.1 Å². The first-order chi connectivity index (χ1) is 9.17. The molecule has 0 spiro atoms. The summed E-state index contributed by atoms with van der Waals surface area (Å²) < 4.78 is 2.14. The van der Waals surface area contributed by atoms with Crippen molar-refractivity contribution in [1.29, 1.82) is 0 Å². The van der Waals surface area contributed by atoms with E-state index in [1.807, 2.05) is 12.5 Å². The number of imidazole rings is 1. The molecule has 1 aromatic rings. The smallest absolute Gasteiger partial charge is 0.222 e. The largest absolute Gasteiger partial charge is 0.353 e. The molecule has 3 rings (SSSR count). The molecule has 5 heteroatoms. The van der Waals surface area contributed by atoms with Crippen LogP contribution in [0.15, 0.2) is 12.5 Å². The molecule has 1 saturated carbocycles. The van der Waals surface area contributed by atoms with Crippen LogP contribution >= 0.6 is 0 Å². The van der Waals surface area contributed by atoms with Crippen LogP contribution < -0.4 is 10.6 Å². The van der Waals surface area contributed by atoms with Gasteiger partial charge in [0.2, 0.25) is 5.91 Å². The number of aryl methyl sites for hydroxylation is 1. The normalized spacial score (nSPS) is 26.6. The Morgan fingerprint density at radius 3 is 3.16 bits per heavy atom. The van der Waals surface area contributed by atoms with Crippen molar-refractivity contribution in [2.75, 3.05) is 13.1 Å². The van der Waals surface area contributed by atoms with Crippen LogP contribution in [0.5, 0.6) is 0 Å². The quantitative estimate of drug-likeness (QED) is 0.825. The van der Waals surface area contributed by atoms with Gasteiger partial charge < -0.3 is 15.2 Å². The minimum Gasteiger partial charge on any atom is -0.353 e. The fraction of sp³-hybridized carbons (Fsp3) is 0.714. The van der Waals surface area contributed by atoms with E-state index in [9.17, 15) is 4.79 Å². The average Bonchev–Trinajstić information content (AvgIpc) is 2.91. The second-order valence-corrected chi connectivity index (χ2v) is 6.05. The first-order valence-corrected chi connectivity index (χ1v) is 7.18. The summed E-state index contributed by atoms with van der Waals surface area (Å²) in [5.74, 6) is 0.164. The molecule has 0 bridgehead atoms. The van der Waals surface area contributed by atoms with Gasteiger partial charge in [0.05, 0.1) is 6.33 Å². The van der Waals surface area contributed by atoms with Crippen molar-refractivity contribution in [3.63, 3.8) is 0 Å². The van der Waals surface area contributed by atoms with Gasteiger partial charge in [-0.15, -0.1) is 0 Å². The highest BCUT2D eigenvalue weighted by molar-refractivity contribution is 5.76. The summed E-state index contributed by atoms with van der Waals surface area (Å²) in [5.41, 5.74) is 1.40. The molecule has 1 aliphatic heterocycles. The van der Waals surface area contributed by atoms with Crippen LogP contribution in [-0.4, -0.2) is 34.6 Å². The third-order valence-corrected chi connectivity index (χ3v) is 4.22. The van der Waals surface area contributed by atoms with E-state index >= 15 is 0 Å². The highest BCUT2D eigenvalue weighted by Gasteiger charge is 2.33. The Balaban J connectivity index is 1.61. The van der Waals surface area contributed by atoms with Gasteiger partial charge in [0, 0.05) is 42.9 Å². The number of hydrogen-bond donors (Lipinski definition) is 2. The number of carbonyl (C=O) groups excluding carboxylic acids is 1. The molecule has 1 unspecified atom stereocenters. The topological polar surface area (TPSA) is 59.0 Å². The van der Waals surface area contributed by atoms with Crippen molar-refractivity contribution in [1.82, 2.24) is 20.2 Å². The highest BCUT2D eigenvalue weighted by Crippen LogP contribution is 2.29. The Morgan fingerprint density at radius 2 is 2.47 bits per heavy atom. The van der Waals surface area contributed by atoms with Crippen molar-refractivity contribution in [3.8, 4) is 0 Å². The molecule has 1 aromatic heterocycles. The molecule has 1 amide bonds. The lowest BCUT2D eigenvalue weighted by molar-refractivity contribution is -0.121. The molecule has 2 aliphatic rings. The van der Waals surface area contributed by atoms with Crippen LogP contribution in [0.2, 0.25) is 0 Å². The van der Waals surface area contributed by atoms with E-state index in [4.69, 9.17) is 0 Å². The van der Waals surface area contributed by atoms with Crippen LogP contribution in [-0.2, 0) is 16.8 Å². The van der Waals surface area contributed by atoms with Gasteiger partial charge in [0.1, 0.15) is 0 Å². The monoisotopic (exact) mass is 262 g/mol. The highest BCUT2D eigenvalue weighted by atomic mass is 16.1.